The molecule has 4 nitrogen and oxygen atoms in total. The molecule has 1 heterocycles. The van der Waals surface area contributed by atoms with Crippen LogP contribution in [0.15, 0.2) is 36.3 Å². The number of benzene rings is 1. The van der Waals surface area contributed by atoms with Crippen LogP contribution in [0.1, 0.15) is 6.92 Å². The Morgan fingerprint density at radius 2 is 2.22 bits per heavy atom. The molecular weight excluding hydrogens is 252 g/mol. The van der Waals surface area contributed by atoms with Crippen LogP contribution in [0, 0.1) is 0 Å². The van der Waals surface area contributed by atoms with E-state index in [2.05, 4.69) is 11.8 Å². The second kappa shape index (κ2) is 7.13. The first kappa shape index (κ1) is 14.7. The van der Waals surface area contributed by atoms with E-state index in [4.69, 9.17) is 15.2 Å². The van der Waals surface area contributed by atoms with Gasteiger partial charge in [-0.05, 0) is 18.7 Å². The molecule has 0 amide bonds. The minimum atomic E-state index is 0. The number of nitrogens with two attached hydrogens (primary N) is 1. The normalized spacial score (nSPS) is 17.9. The molecule has 0 spiro atoms. The van der Waals surface area contributed by atoms with E-state index in [9.17, 15) is 0 Å². The summed E-state index contributed by atoms with van der Waals surface area (Å²) >= 11 is 0. The summed E-state index contributed by atoms with van der Waals surface area (Å²) in [7, 11) is 0. The van der Waals surface area contributed by atoms with Gasteiger partial charge in [-0.2, -0.15) is 0 Å². The number of rotatable bonds is 3. The van der Waals surface area contributed by atoms with Crippen molar-refractivity contribution in [2.75, 3.05) is 32.0 Å². The summed E-state index contributed by atoms with van der Waals surface area (Å²) in [4.78, 5) is 2.30. The molecule has 0 saturated carbocycles. The highest BCUT2D eigenvalue weighted by atomic mass is 35.5. The fourth-order valence-corrected chi connectivity index (χ4v) is 1.71. The summed E-state index contributed by atoms with van der Waals surface area (Å²) in [6.45, 7) is 5.64. The Balaban J connectivity index is 0.00000162. The van der Waals surface area contributed by atoms with Gasteiger partial charge in [-0.25, -0.2) is 0 Å². The van der Waals surface area contributed by atoms with Crippen molar-refractivity contribution in [3.8, 4) is 5.75 Å². The smallest absolute Gasteiger partial charge is 0.149 e. The van der Waals surface area contributed by atoms with Gasteiger partial charge in [0.25, 0.3) is 0 Å². The maximum atomic E-state index is 5.78. The molecule has 100 valence electrons. The average molecular weight is 271 g/mol. The van der Waals surface area contributed by atoms with Crippen LogP contribution in [0.2, 0.25) is 0 Å². The van der Waals surface area contributed by atoms with Gasteiger partial charge in [-0.15, -0.1) is 12.4 Å². The Kier molecular flexibility index (Phi) is 5.82. The third-order valence-corrected chi connectivity index (χ3v) is 2.76. The number of para-hydroxylation sites is 2. The zero-order valence-electron chi connectivity index (χ0n) is 10.5. The van der Waals surface area contributed by atoms with Crippen LogP contribution in [0.3, 0.4) is 0 Å². The highest BCUT2D eigenvalue weighted by Crippen LogP contribution is 2.20. The van der Waals surface area contributed by atoms with Gasteiger partial charge in [0.1, 0.15) is 24.4 Å². The molecule has 0 radical (unpaired) electrons. The molecular formula is C13H19ClN2O2. The number of anilines is 1. The van der Waals surface area contributed by atoms with E-state index in [0.29, 0.717) is 18.0 Å². The van der Waals surface area contributed by atoms with Crippen molar-refractivity contribution in [1.82, 2.24) is 4.90 Å². The molecule has 2 rings (SSSR count). The van der Waals surface area contributed by atoms with E-state index in [1.165, 1.54) is 0 Å². The van der Waals surface area contributed by atoms with E-state index in [1.54, 1.807) is 6.26 Å². The van der Waals surface area contributed by atoms with Crippen molar-refractivity contribution >= 4 is 18.1 Å². The molecule has 2 N–H and O–H groups in total. The second-order valence-electron chi connectivity index (χ2n) is 3.96. The number of hydrogen-bond donors (Lipinski definition) is 1. The predicted octanol–water partition coefficient (Wildman–Crippen LogP) is 2.26. The van der Waals surface area contributed by atoms with Crippen molar-refractivity contribution in [3.63, 3.8) is 0 Å². The fourth-order valence-electron chi connectivity index (χ4n) is 1.71. The minimum Gasteiger partial charge on any atom is -0.492 e. The number of halogens is 1. The van der Waals surface area contributed by atoms with Gasteiger partial charge in [0.05, 0.1) is 12.2 Å². The van der Waals surface area contributed by atoms with E-state index in [1.807, 2.05) is 24.3 Å². The predicted molar refractivity (Wildman–Crippen MR) is 74.9 cm³/mol. The first-order chi connectivity index (χ1) is 8.29. The molecule has 1 fully saturated rings. The fraction of sp³-hybridized carbons (Fsp3) is 0.385. The van der Waals surface area contributed by atoms with Crippen LogP contribution in [0.25, 0.3) is 0 Å². The summed E-state index contributed by atoms with van der Waals surface area (Å²) in [5, 5.41) is 0. The molecule has 5 heteroatoms. The number of nitrogen functional groups attached to an aromatic ring is 1. The molecule has 0 aromatic heterocycles. The number of likely N-dealkylation sites (N-methyl/N-ethyl adjacent to an activating group) is 1. The molecule has 0 atom stereocenters. The molecule has 18 heavy (non-hydrogen) atoms. The van der Waals surface area contributed by atoms with Gasteiger partial charge < -0.3 is 15.2 Å². The third kappa shape index (κ3) is 3.82. The number of ether oxygens (including phenoxy) is 2. The lowest BCUT2D eigenvalue weighted by molar-refractivity contribution is 0.0919. The van der Waals surface area contributed by atoms with Gasteiger partial charge in [0.15, 0.2) is 0 Å². The van der Waals surface area contributed by atoms with Crippen LogP contribution < -0.4 is 10.5 Å². The van der Waals surface area contributed by atoms with Crippen LogP contribution in [-0.2, 0) is 4.74 Å². The average Bonchev–Trinajstić information content (AvgIpc) is 2.38. The molecule has 0 aliphatic carbocycles. The lowest BCUT2D eigenvalue weighted by Crippen LogP contribution is -2.34. The van der Waals surface area contributed by atoms with Gasteiger partial charge in [-0.3, -0.25) is 4.90 Å². The van der Waals surface area contributed by atoms with Crippen molar-refractivity contribution < 1.29 is 9.47 Å². The quantitative estimate of drug-likeness (QED) is 0.676. The number of hydrogen-bond acceptors (Lipinski definition) is 4. The monoisotopic (exact) mass is 270 g/mol. The molecule has 0 unspecified atom stereocenters. The standard InChI is InChI=1S/C13H18N2O2.ClH/c1-2-15-7-8-16-11(9-15)10-17-13-6-4-3-5-12(13)14;/h3-6,10H,2,7-9,14H2,1H3;1H. The van der Waals surface area contributed by atoms with Gasteiger partial charge in [0, 0.05) is 6.54 Å². The first-order valence-electron chi connectivity index (χ1n) is 5.85. The Labute approximate surface area is 114 Å². The van der Waals surface area contributed by atoms with Crippen LogP contribution in [0.4, 0.5) is 5.69 Å². The van der Waals surface area contributed by atoms with Crippen LogP contribution in [-0.4, -0.2) is 31.1 Å². The summed E-state index contributed by atoms with van der Waals surface area (Å²) < 4.78 is 11.1. The Bertz CT molecular complexity index is 410. The lowest BCUT2D eigenvalue weighted by atomic mass is 10.3. The summed E-state index contributed by atoms with van der Waals surface area (Å²) in [5.74, 6) is 1.51. The molecule has 1 aliphatic heterocycles. The van der Waals surface area contributed by atoms with Gasteiger partial charge in [-0.1, -0.05) is 19.1 Å². The minimum absolute atomic E-state index is 0. The van der Waals surface area contributed by atoms with E-state index >= 15 is 0 Å². The first-order valence-corrected chi connectivity index (χ1v) is 5.85. The SMILES string of the molecule is CCN1CCOC(=COc2ccccc2N)C1.Cl. The van der Waals surface area contributed by atoms with Crippen molar-refractivity contribution in [3.05, 3.63) is 36.3 Å². The van der Waals surface area contributed by atoms with E-state index < -0.39 is 0 Å². The van der Waals surface area contributed by atoms with Gasteiger partial charge in [0.2, 0.25) is 0 Å². The molecule has 1 aromatic carbocycles. The van der Waals surface area contributed by atoms with Crippen molar-refractivity contribution in [1.29, 1.82) is 0 Å². The summed E-state index contributed by atoms with van der Waals surface area (Å²) in [5.41, 5.74) is 6.42. The van der Waals surface area contributed by atoms with E-state index in [-0.39, 0.29) is 12.4 Å². The zero-order chi connectivity index (χ0) is 12.1. The largest absolute Gasteiger partial charge is 0.492 e. The summed E-state index contributed by atoms with van der Waals surface area (Å²) in [6, 6.07) is 7.43. The number of morpholine rings is 1. The van der Waals surface area contributed by atoms with Crippen molar-refractivity contribution in [2.45, 2.75) is 6.92 Å². The Morgan fingerprint density at radius 3 is 2.94 bits per heavy atom. The highest BCUT2D eigenvalue weighted by molar-refractivity contribution is 5.85. The highest BCUT2D eigenvalue weighted by Gasteiger charge is 2.13. The van der Waals surface area contributed by atoms with Crippen LogP contribution in [0.5, 0.6) is 5.75 Å². The lowest BCUT2D eigenvalue weighted by Gasteiger charge is -2.27. The Hall–Kier alpha value is -1.39. The molecule has 1 aromatic rings. The second-order valence-corrected chi connectivity index (χ2v) is 3.96. The maximum absolute atomic E-state index is 5.78. The molecule has 0 bridgehead atoms. The maximum Gasteiger partial charge on any atom is 0.149 e. The van der Waals surface area contributed by atoms with E-state index in [0.717, 1.165) is 25.4 Å². The summed E-state index contributed by atoms with van der Waals surface area (Å²) in [6.07, 6.45) is 1.65. The van der Waals surface area contributed by atoms with Gasteiger partial charge >= 0.3 is 0 Å². The molecule has 1 aliphatic rings. The van der Waals surface area contributed by atoms with Crippen LogP contribution >= 0.6 is 12.4 Å². The number of nitrogens with zero attached hydrogens (tertiary/aromatic N) is 1. The van der Waals surface area contributed by atoms with Crippen molar-refractivity contribution in [2.24, 2.45) is 0 Å². The zero-order valence-corrected chi connectivity index (χ0v) is 11.3. The third-order valence-electron chi connectivity index (χ3n) is 2.76. The molecule has 1 saturated heterocycles. The Morgan fingerprint density at radius 1 is 1.44 bits per heavy atom. The topological polar surface area (TPSA) is 47.7 Å².